The summed E-state index contributed by atoms with van der Waals surface area (Å²) in [6, 6.07) is 8.33. The lowest BCUT2D eigenvalue weighted by Gasteiger charge is -2.27. The number of benzene rings is 2. The summed E-state index contributed by atoms with van der Waals surface area (Å²) >= 11 is 9.71. The first-order valence-corrected chi connectivity index (χ1v) is 13.1. The molecule has 0 unspecified atom stereocenters. The van der Waals surface area contributed by atoms with Crippen LogP contribution in [0.4, 0.5) is 0 Å². The molecule has 0 aliphatic carbocycles. The Hall–Kier alpha value is -1.78. The van der Waals surface area contributed by atoms with E-state index in [4.69, 9.17) is 16.3 Å². The number of rotatable bonds is 6. The first-order chi connectivity index (χ1) is 15.3. The Morgan fingerprint density at radius 1 is 1.12 bits per heavy atom. The summed E-state index contributed by atoms with van der Waals surface area (Å²) < 4.78 is 32.7. The summed E-state index contributed by atoms with van der Waals surface area (Å²) in [5.74, 6) is -0.0363. The van der Waals surface area contributed by atoms with Gasteiger partial charge in [-0.15, -0.1) is 0 Å². The van der Waals surface area contributed by atoms with E-state index in [1.807, 2.05) is 6.07 Å². The van der Waals surface area contributed by atoms with Gasteiger partial charge >= 0.3 is 0 Å². The largest absolute Gasteiger partial charge is 0.379 e. The topological polar surface area (TPSA) is 81.5 Å². The van der Waals surface area contributed by atoms with E-state index in [0.717, 1.165) is 29.7 Å². The van der Waals surface area contributed by atoms with E-state index in [1.54, 1.807) is 25.1 Å². The lowest BCUT2D eigenvalue weighted by molar-refractivity contribution is 0.0341. The number of aromatic nitrogens is 2. The molecule has 2 heterocycles. The van der Waals surface area contributed by atoms with Crippen molar-refractivity contribution in [2.24, 2.45) is 0 Å². The Bertz CT molecular complexity index is 1320. The van der Waals surface area contributed by atoms with Gasteiger partial charge < -0.3 is 4.74 Å². The van der Waals surface area contributed by atoms with E-state index in [-0.39, 0.29) is 22.8 Å². The van der Waals surface area contributed by atoms with E-state index >= 15 is 0 Å². The average molecular weight is 541 g/mol. The summed E-state index contributed by atoms with van der Waals surface area (Å²) in [6.07, 6.45) is 1.46. The zero-order chi connectivity index (χ0) is 22.9. The van der Waals surface area contributed by atoms with Crippen molar-refractivity contribution < 1.29 is 13.2 Å². The molecule has 0 bridgehead atoms. The number of halogens is 2. The van der Waals surface area contributed by atoms with Crippen LogP contribution in [-0.2, 0) is 27.7 Å². The van der Waals surface area contributed by atoms with Crippen molar-refractivity contribution in [1.29, 1.82) is 0 Å². The molecule has 1 aliphatic rings. The van der Waals surface area contributed by atoms with Crippen LogP contribution in [0.25, 0.3) is 10.9 Å². The highest BCUT2D eigenvalue weighted by Crippen LogP contribution is 2.25. The van der Waals surface area contributed by atoms with Crippen LogP contribution in [0.5, 0.6) is 0 Å². The third-order valence-electron chi connectivity index (χ3n) is 5.57. The highest BCUT2D eigenvalue weighted by molar-refractivity contribution is 9.10. The van der Waals surface area contributed by atoms with Gasteiger partial charge in [0.25, 0.3) is 5.56 Å². The van der Waals surface area contributed by atoms with Crippen LogP contribution >= 0.6 is 27.5 Å². The van der Waals surface area contributed by atoms with Crippen LogP contribution in [0.2, 0.25) is 5.02 Å². The molecular formula is C22H23BrClN3O4S. The molecule has 0 N–H and O–H groups in total. The summed E-state index contributed by atoms with van der Waals surface area (Å²) in [6.45, 7) is 5.55. The molecule has 1 fully saturated rings. The van der Waals surface area contributed by atoms with Gasteiger partial charge in [-0.05, 0) is 41.5 Å². The standard InChI is InChI=1S/C22H23BrClN3O4S/c1-2-32(29,30)21-4-3-17(24)9-16(21)13-27-14-25-20-10-15(12-26-5-7-31-8-6-26)19(23)11-18(20)22(27)28/h3-4,9-11,14H,2,5-8,12-13H2,1H3. The summed E-state index contributed by atoms with van der Waals surface area (Å²) in [5.41, 5.74) is 1.87. The molecule has 1 saturated heterocycles. The fourth-order valence-electron chi connectivity index (χ4n) is 3.77. The van der Waals surface area contributed by atoms with Crippen molar-refractivity contribution in [1.82, 2.24) is 14.5 Å². The lowest BCUT2D eigenvalue weighted by Crippen LogP contribution is -2.35. The molecular weight excluding hydrogens is 518 g/mol. The van der Waals surface area contributed by atoms with Crippen molar-refractivity contribution in [2.45, 2.75) is 24.9 Å². The molecule has 4 rings (SSSR count). The van der Waals surface area contributed by atoms with Crippen molar-refractivity contribution in [3.05, 3.63) is 67.6 Å². The van der Waals surface area contributed by atoms with E-state index in [2.05, 4.69) is 25.8 Å². The predicted octanol–water partition coefficient (Wildman–Crippen LogP) is 3.49. The van der Waals surface area contributed by atoms with Gasteiger partial charge in [-0.1, -0.05) is 34.5 Å². The number of morpholine rings is 1. The van der Waals surface area contributed by atoms with Crippen molar-refractivity contribution in [3.63, 3.8) is 0 Å². The zero-order valence-electron chi connectivity index (χ0n) is 17.6. The van der Waals surface area contributed by atoms with Crippen molar-refractivity contribution in [2.75, 3.05) is 32.1 Å². The number of fused-ring (bicyclic) bond motifs is 1. The molecule has 0 amide bonds. The minimum Gasteiger partial charge on any atom is -0.379 e. The van der Waals surface area contributed by atoms with Crippen LogP contribution < -0.4 is 5.56 Å². The smallest absolute Gasteiger partial charge is 0.261 e. The summed E-state index contributed by atoms with van der Waals surface area (Å²) in [5, 5.41) is 0.874. The van der Waals surface area contributed by atoms with Gasteiger partial charge in [-0.3, -0.25) is 14.3 Å². The van der Waals surface area contributed by atoms with Crippen LogP contribution in [0.15, 0.2) is 50.8 Å². The van der Waals surface area contributed by atoms with Gasteiger partial charge in [0.2, 0.25) is 0 Å². The lowest BCUT2D eigenvalue weighted by atomic mass is 10.1. The Morgan fingerprint density at radius 3 is 2.59 bits per heavy atom. The number of ether oxygens (including phenoxy) is 1. The monoisotopic (exact) mass is 539 g/mol. The number of hydrogen-bond donors (Lipinski definition) is 0. The fraction of sp³-hybridized carbons (Fsp3) is 0.364. The SMILES string of the molecule is CCS(=O)(=O)c1ccc(Cl)cc1Cn1cnc2cc(CN3CCOCC3)c(Br)cc2c1=O. The van der Waals surface area contributed by atoms with Gasteiger partial charge in [-0.2, -0.15) is 0 Å². The number of sulfone groups is 1. The molecule has 1 aromatic heterocycles. The van der Waals surface area contributed by atoms with Crippen molar-refractivity contribution in [3.8, 4) is 0 Å². The Kier molecular flexibility index (Phi) is 7.02. The molecule has 0 radical (unpaired) electrons. The molecule has 0 atom stereocenters. The Balaban J connectivity index is 1.70. The van der Waals surface area contributed by atoms with Crippen LogP contribution in [0.3, 0.4) is 0 Å². The van der Waals surface area contributed by atoms with Gasteiger partial charge in [0.1, 0.15) is 0 Å². The van der Waals surface area contributed by atoms with E-state index in [1.165, 1.54) is 17.0 Å². The third kappa shape index (κ3) is 4.92. The minimum absolute atomic E-state index is 0.0363. The fourth-order valence-corrected chi connectivity index (χ4v) is 5.54. The second-order valence-electron chi connectivity index (χ2n) is 7.68. The Morgan fingerprint density at radius 2 is 1.88 bits per heavy atom. The van der Waals surface area contributed by atoms with Crippen LogP contribution in [0, 0.1) is 0 Å². The number of hydrogen-bond acceptors (Lipinski definition) is 6. The summed E-state index contributed by atoms with van der Waals surface area (Å²) in [7, 11) is -3.46. The van der Waals surface area contributed by atoms with Gasteiger partial charge in [-0.25, -0.2) is 13.4 Å². The molecule has 2 aromatic carbocycles. The van der Waals surface area contributed by atoms with Crippen molar-refractivity contribution >= 4 is 48.3 Å². The maximum absolute atomic E-state index is 13.2. The highest BCUT2D eigenvalue weighted by Gasteiger charge is 2.19. The molecule has 170 valence electrons. The molecule has 3 aromatic rings. The van der Waals surface area contributed by atoms with Crippen LogP contribution in [0.1, 0.15) is 18.1 Å². The van der Waals surface area contributed by atoms with E-state index < -0.39 is 9.84 Å². The van der Waals surface area contributed by atoms with Gasteiger partial charge in [0, 0.05) is 29.1 Å². The quantitative estimate of drug-likeness (QED) is 0.476. The van der Waals surface area contributed by atoms with E-state index in [9.17, 15) is 13.2 Å². The second kappa shape index (κ2) is 9.61. The second-order valence-corrected chi connectivity index (χ2v) is 11.2. The molecule has 1 aliphatic heterocycles. The van der Waals surface area contributed by atoms with Gasteiger partial charge in [0.15, 0.2) is 9.84 Å². The Labute approximate surface area is 200 Å². The predicted molar refractivity (Wildman–Crippen MR) is 128 cm³/mol. The first-order valence-electron chi connectivity index (χ1n) is 10.3. The average Bonchev–Trinajstić information content (AvgIpc) is 2.77. The molecule has 10 heteroatoms. The molecule has 7 nitrogen and oxygen atoms in total. The third-order valence-corrected chi connectivity index (χ3v) is 8.37. The maximum atomic E-state index is 13.2. The molecule has 32 heavy (non-hydrogen) atoms. The first kappa shape index (κ1) is 23.4. The minimum atomic E-state index is -3.46. The summed E-state index contributed by atoms with van der Waals surface area (Å²) in [4.78, 5) is 20.2. The maximum Gasteiger partial charge on any atom is 0.261 e. The van der Waals surface area contributed by atoms with Gasteiger partial charge in [0.05, 0.1) is 47.6 Å². The highest BCUT2D eigenvalue weighted by atomic mass is 79.9. The van der Waals surface area contributed by atoms with Crippen LogP contribution in [-0.4, -0.2) is 54.9 Å². The van der Waals surface area contributed by atoms with E-state index in [0.29, 0.717) is 34.7 Å². The zero-order valence-corrected chi connectivity index (χ0v) is 20.7. The molecule has 0 spiro atoms. The number of nitrogens with zero attached hydrogens (tertiary/aromatic N) is 3. The normalized spacial score (nSPS) is 15.3. The molecule has 0 saturated carbocycles.